The van der Waals surface area contributed by atoms with Gasteiger partial charge in [-0.1, -0.05) is 6.07 Å². The standard InChI is InChI=1S/C16H26N4O2/c1-21-15-8-6-13(10-16(15)22-2)5-7-14(20-12-18)4-3-9-19-11-17/h6,8,10-12,14H,3-5,7,9H2,1-2H3,(H2,17,19)(H2,18,20). The third kappa shape index (κ3) is 6.03. The number of rotatable bonds is 10. The monoisotopic (exact) mass is 306 g/mol. The van der Waals surface area contributed by atoms with Gasteiger partial charge in [0.25, 0.3) is 0 Å². The fourth-order valence-electron chi connectivity index (χ4n) is 2.28. The Morgan fingerprint density at radius 1 is 1.09 bits per heavy atom. The number of aryl methyl sites for hydroxylation is 1. The molecule has 0 aliphatic carbocycles. The molecule has 122 valence electrons. The van der Waals surface area contributed by atoms with E-state index in [0.717, 1.165) is 43.7 Å². The van der Waals surface area contributed by atoms with E-state index in [2.05, 4.69) is 9.98 Å². The zero-order chi connectivity index (χ0) is 16.2. The highest BCUT2D eigenvalue weighted by Gasteiger charge is 2.09. The molecule has 0 fully saturated rings. The molecule has 6 nitrogen and oxygen atoms in total. The van der Waals surface area contributed by atoms with Crippen LogP contribution < -0.4 is 20.9 Å². The smallest absolute Gasteiger partial charge is 0.160 e. The number of benzene rings is 1. The van der Waals surface area contributed by atoms with E-state index in [-0.39, 0.29) is 6.04 Å². The number of hydrogen-bond donors (Lipinski definition) is 2. The average Bonchev–Trinajstić information content (AvgIpc) is 2.56. The van der Waals surface area contributed by atoms with E-state index < -0.39 is 0 Å². The third-order valence-corrected chi connectivity index (χ3v) is 3.44. The van der Waals surface area contributed by atoms with E-state index in [1.807, 2.05) is 18.2 Å². The fourth-order valence-corrected chi connectivity index (χ4v) is 2.28. The molecule has 0 amide bonds. The van der Waals surface area contributed by atoms with Gasteiger partial charge >= 0.3 is 0 Å². The molecule has 1 rings (SSSR count). The van der Waals surface area contributed by atoms with Crippen molar-refractivity contribution in [1.29, 1.82) is 0 Å². The number of ether oxygens (including phenoxy) is 2. The Balaban J connectivity index is 2.56. The summed E-state index contributed by atoms with van der Waals surface area (Å²) in [6.45, 7) is 0.726. The molecule has 0 aliphatic rings. The second-order valence-electron chi connectivity index (χ2n) is 4.88. The van der Waals surface area contributed by atoms with Crippen molar-refractivity contribution in [2.75, 3.05) is 20.8 Å². The first-order valence-corrected chi connectivity index (χ1v) is 7.39. The van der Waals surface area contributed by atoms with Gasteiger partial charge in [-0.2, -0.15) is 0 Å². The first-order chi connectivity index (χ1) is 10.7. The van der Waals surface area contributed by atoms with Crippen LogP contribution in [0.5, 0.6) is 11.5 Å². The van der Waals surface area contributed by atoms with Crippen molar-refractivity contribution in [3.63, 3.8) is 0 Å². The first kappa shape index (κ1) is 17.8. The van der Waals surface area contributed by atoms with E-state index >= 15 is 0 Å². The van der Waals surface area contributed by atoms with Crippen molar-refractivity contribution in [3.8, 4) is 11.5 Å². The zero-order valence-electron chi connectivity index (χ0n) is 13.4. The summed E-state index contributed by atoms with van der Waals surface area (Å²) >= 11 is 0. The Labute approximate surface area is 132 Å². The second-order valence-corrected chi connectivity index (χ2v) is 4.88. The summed E-state index contributed by atoms with van der Waals surface area (Å²) in [5.74, 6) is 1.48. The molecule has 0 heterocycles. The Morgan fingerprint density at radius 3 is 2.50 bits per heavy atom. The maximum atomic E-state index is 5.43. The van der Waals surface area contributed by atoms with Crippen LogP contribution in [0.1, 0.15) is 24.8 Å². The Kier molecular flexibility index (Phi) is 8.49. The van der Waals surface area contributed by atoms with Crippen LogP contribution in [0.3, 0.4) is 0 Å². The van der Waals surface area contributed by atoms with E-state index in [4.69, 9.17) is 20.9 Å². The van der Waals surface area contributed by atoms with Gasteiger partial charge in [0.15, 0.2) is 11.5 Å². The lowest BCUT2D eigenvalue weighted by Crippen LogP contribution is -2.09. The van der Waals surface area contributed by atoms with Crippen LogP contribution in [0.15, 0.2) is 28.2 Å². The topological polar surface area (TPSA) is 95.2 Å². The van der Waals surface area contributed by atoms with Crippen molar-refractivity contribution < 1.29 is 9.47 Å². The van der Waals surface area contributed by atoms with Crippen LogP contribution in [0.25, 0.3) is 0 Å². The van der Waals surface area contributed by atoms with Crippen LogP contribution in [-0.2, 0) is 6.42 Å². The highest BCUT2D eigenvalue weighted by Crippen LogP contribution is 2.28. The minimum atomic E-state index is 0.200. The number of methoxy groups -OCH3 is 2. The summed E-state index contributed by atoms with van der Waals surface area (Å²) in [7, 11) is 3.27. The third-order valence-electron chi connectivity index (χ3n) is 3.44. The summed E-state index contributed by atoms with van der Waals surface area (Å²) in [6, 6.07) is 6.17. The molecule has 1 aromatic rings. The van der Waals surface area contributed by atoms with E-state index in [1.165, 1.54) is 18.2 Å². The molecule has 6 heteroatoms. The highest BCUT2D eigenvalue weighted by atomic mass is 16.5. The van der Waals surface area contributed by atoms with Gasteiger partial charge in [0.1, 0.15) is 0 Å². The predicted octanol–water partition coefficient (Wildman–Crippen LogP) is 1.76. The predicted molar refractivity (Wildman–Crippen MR) is 91.1 cm³/mol. The Bertz CT molecular complexity index is 489. The maximum absolute atomic E-state index is 5.43. The van der Waals surface area contributed by atoms with Crippen molar-refractivity contribution in [3.05, 3.63) is 23.8 Å². The van der Waals surface area contributed by atoms with Gasteiger partial charge in [-0.25, -0.2) is 0 Å². The average molecular weight is 306 g/mol. The van der Waals surface area contributed by atoms with E-state index in [1.54, 1.807) is 14.2 Å². The molecule has 1 aromatic carbocycles. The summed E-state index contributed by atoms with van der Waals surface area (Å²) in [5.41, 5.74) is 11.9. The van der Waals surface area contributed by atoms with Gasteiger partial charge in [-0.15, -0.1) is 0 Å². The molecule has 0 aromatic heterocycles. The number of nitrogens with two attached hydrogens (primary N) is 2. The summed E-state index contributed by atoms with van der Waals surface area (Å²) in [6.07, 6.45) is 6.44. The first-order valence-electron chi connectivity index (χ1n) is 7.39. The largest absolute Gasteiger partial charge is 0.493 e. The van der Waals surface area contributed by atoms with Crippen molar-refractivity contribution in [1.82, 2.24) is 0 Å². The fraction of sp³-hybridized carbons (Fsp3) is 0.500. The number of aliphatic imine (C=N–C) groups is 2. The lowest BCUT2D eigenvalue weighted by Gasteiger charge is -2.13. The zero-order valence-corrected chi connectivity index (χ0v) is 13.4. The van der Waals surface area contributed by atoms with Crippen molar-refractivity contribution in [2.24, 2.45) is 21.5 Å². The number of nitrogens with zero attached hydrogens (tertiary/aromatic N) is 2. The van der Waals surface area contributed by atoms with Gasteiger partial charge in [0.2, 0.25) is 0 Å². The van der Waals surface area contributed by atoms with Crippen LogP contribution in [0.4, 0.5) is 0 Å². The van der Waals surface area contributed by atoms with Crippen LogP contribution in [0, 0.1) is 0 Å². The highest BCUT2D eigenvalue weighted by molar-refractivity contribution is 5.51. The molecule has 4 N–H and O–H groups in total. The summed E-state index contributed by atoms with van der Waals surface area (Å²) < 4.78 is 10.6. The molecule has 0 radical (unpaired) electrons. The molecule has 22 heavy (non-hydrogen) atoms. The number of hydrogen-bond acceptors (Lipinski definition) is 4. The molecule has 0 saturated carbocycles. The van der Waals surface area contributed by atoms with Crippen LogP contribution >= 0.6 is 0 Å². The van der Waals surface area contributed by atoms with Crippen LogP contribution in [-0.4, -0.2) is 39.5 Å². The second kappa shape index (κ2) is 10.5. The Hall–Kier alpha value is -2.24. The molecule has 0 spiro atoms. The summed E-state index contributed by atoms with van der Waals surface area (Å²) in [5, 5.41) is 0. The maximum Gasteiger partial charge on any atom is 0.160 e. The molecule has 0 bridgehead atoms. The molecular weight excluding hydrogens is 280 g/mol. The van der Waals surface area contributed by atoms with Gasteiger partial charge in [0, 0.05) is 6.54 Å². The summed E-state index contributed by atoms with van der Waals surface area (Å²) in [4.78, 5) is 8.33. The van der Waals surface area contributed by atoms with Gasteiger partial charge in [-0.05, 0) is 43.4 Å². The van der Waals surface area contributed by atoms with Gasteiger partial charge in [-0.3, -0.25) is 9.98 Å². The molecular formula is C16H26N4O2. The molecule has 1 unspecified atom stereocenters. The van der Waals surface area contributed by atoms with Gasteiger partial charge in [0.05, 0.1) is 32.9 Å². The minimum Gasteiger partial charge on any atom is -0.493 e. The lowest BCUT2D eigenvalue weighted by atomic mass is 10.0. The van der Waals surface area contributed by atoms with Crippen LogP contribution in [0.2, 0.25) is 0 Å². The molecule has 0 aliphatic heterocycles. The normalized spacial score (nSPS) is 12.8. The van der Waals surface area contributed by atoms with Crippen molar-refractivity contribution >= 4 is 12.7 Å². The molecule has 0 saturated heterocycles. The Morgan fingerprint density at radius 2 is 1.86 bits per heavy atom. The van der Waals surface area contributed by atoms with Crippen molar-refractivity contribution in [2.45, 2.75) is 31.7 Å². The van der Waals surface area contributed by atoms with Gasteiger partial charge < -0.3 is 20.9 Å². The minimum absolute atomic E-state index is 0.200. The SMILES string of the molecule is COc1ccc(CCC(CCCN=CN)N=CN)cc1OC. The van der Waals surface area contributed by atoms with E-state index in [0.29, 0.717) is 0 Å². The molecule has 1 atom stereocenters. The van der Waals surface area contributed by atoms with E-state index in [9.17, 15) is 0 Å². The lowest BCUT2D eigenvalue weighted by molar-refractivity contribution is 0.354. The quantitative estimate of drug-likeness (QED) is 0.391.